The second-order valence-corrected chi connectivity index (χ2v) is 8.75. The van der Waals surface area contributed by atoms with E-state index in [1.165, 1.54) is 0 Å². The van der Waals surface area contributed by atoms with Gasteiger partial charge in [-0.25, -0.2) is 9.98 Å². The molecule has 6 rings (SSSR count). The molecule has 0 amide bonds. The molecule has 35 heavy (non-hydrogen) atoms. The summed E-state index contributed by atoms with van der Waals surface area (Å²) >= 11 is 0. The van der Waals surface area contributed by atoms with Gasteiger partial charge in [0.15, 0.2) is 23.6 Å². The van der Waals surface area contributed by atoms with Crippen molar-refractivity contribution < 1.29 is 14.2 Å². The molecule has 9 nitrogen and oxygen atoms in total. The topological polar surface area (TPSA) is 109 Å². The number of rotatable bonds is 4. The number of aromatic nitrogens is 3. The number of benzene rings is 2. The number of hydrogen-bond acceptors (Lipinski definition) is 8. The van der Waals surface area contributed by atoms with Crippen molar-refractivity contribution in [1.82, 2.24) is 14.5 Å². The molecule has 178 valence electrons. The van der Waals surface area contributed by atoms with Crippen LogP contribution in [0.4, 0.5) is 5.95 Å². The summed E-state index contributed by atoms with van der Waals surface area (Å²) in [5.74, 6) is 3.21. The third-order valence-corrected chi connectivity index (χ3v) is 6.18. The smallest absolute Gasteiger partial charge is 0.212 e. The number of nitrogens with one attached hydrogen (secondary N) is 1. The van der Waals surface area contributed by atoms with E-state index in [4.69, 9.17) is 29.9 Å². The first-order valence-corrected chi connectivity index (χ1v) is 11.6. The maximum Gasteiger partial charge on any atom is 0.212 e. The van der Waals surface area contributed by atoms with Gasteiger partial charge in [0.05, 0.1) is 29.9 Å². The predicted octanol–water partition coefficient (Wildman–Crippen LogP) is 4.08. The number of pyridine rings is 1. The van der Waals surface area contributed by atoms with Crippen LogP contribution in [0.25, 0.3) is 11.0 Å². The summed E-state index contributed by atoms with van der Waals surface area (Å²) < 4.78 is 20.0. The summed E-state index contributed by atoms with van der Waals surface area (Å²) in [4.78, 5) is 13.8. The number of hydrogen-bond donors (Lipinski definition) is 2. The molecule has 2 aromatic heterocycles. The van der Waals surface area contributed by atoms with E-state index in [2.05, 4.69) is 22.4 Å². The van der Waals surface area contributed by atoms with Crippen molar-refractivity contribution in [2.45, 2.75) is 33.0 Å². The number of nitrogens with two attached hydrogens (primary N) is 1. The normalized spacial score (nSPS) is 16.7. The number of aliphatic imine (C=N–C) groups is 1. The number of aryl methyl sites for hydroxylation is 2. The van der Waals surface area contributed by atoms with Gasteiger partial charge in [-0.05, 0) is 54.8 Å². The minimum Gasteiger partial charge on any atom is -0.489 e. The summed E-state index contributed by atoms with van der Waals surface area (Å²) in [6.07, 6.45) is 2.23. The van der Waals surface area contributed by atoms with Crippen LogP contribution in [0.3, 0.4) is 0 Å². The van der Waals surface area contributed by atoms with Crippen LogP contribution in [0.15, 0.2) is 53.7 Å². The molecule has 0 fully saturated rings. The van der Waals surface area contributed by atoms with Crippen LogP contribution in [0.5, 0.6) is 17.2 Å². The van der Waals surface area contributed by atoms with Crippen molar-refractivity contribution in [3.8, 4) is 17.2 Å². The lowest BCUT2D eigenvalue weighted by Crippen LogP contribution is -2.31. The highest BCUT2D eigenvalue weighted by atomic mass is 16.5. The maximum atomic E-state index is 6.16. The van der Waals surface area contributed by atoms with Crippen molar-refractivity contribution >= 4 is 22.9 Å². The molecule has 0 spiro atoms. The Hall–Kier alpha value is -4.27. The lowest BCUT2D eigenvalue weighted by Gasteiger charge is -2.25. The van der Waals surface area contributed by atoms with Crippen LogP contribution in [-0.4, -0.2) is 33.7 Å². The Morgan fingerprint density at radius 3 is 2.60 bits per heavy atom. The largest absolute Gasteiger partial charge is 0.489 e. The van der Waals surface area contributed by atoms with E-state index in [-0.39, 0.29) is 6.17 Å². The van der Waals surface area contributed by atoms with Crippen LogP contribution >= 0.6 is 0 Å². The molecule has 2 aliphatic heterocycles. The van der Waals surface area contributed by atoms with Crippen molar-refractivity contribution in [3.05, 3.63) is 71.0 Å². The van der Waals surface area contributed by atoms with Crippen molar-refractivity contribution in [2.75, 3.05) is 18.5 Å². The number of guanidine groups is 1. The minimum absolute atomic E-state index is 0.317. The van der Waals surface area contributed by atoms with Crippen molar-refractivity contribution in [3.63, 3.8) is 0 Å². The molecule has 1 atom stereocenters. The lowest BCUT2D eigenvalue weighted by molar-refractivity contribution is 0.297. The molecular formula is C26H26N6O3. The molecule has 0 saturated carbocycles. The van der Waals surface area contributed by atoms with Gasteiger partial charge >= 0.3 is 0 Å². The Morgan fingerprint density at radius 1 is 1.09 bits per heavy atom. The zero-order valence-electron chi connectivity index (χ0n) is 19.6. The zero-order chi connectivity index (χ0) is 23.9. The highest BCUT2D eigenvalue weighted by Gasteiger charge is 2.27. The Morgan fingerprint density at radius 2 is 1.86 bits per heavy atom. The molecule has 0 radical (unpaired) electrons. The van der Waals surface area contributed by atoms with Crippen LogP contribution in [0, 0.1) is 13.8 Å². The average molecular weight is 471 g/mol. The number of fused-ring (bicyclic) bond motifs is 4. The Balaban J connectivity index is 1.39. The second kappa shape index (κ2) is 8.50. The second-order valence-electron chi connectivity index (χ2n) is 8.75. The monoisotopic (exact) mass is 470 g/mol. The van der Waals surface area contributed by atoms with Gasteiger partial charge in [-0.2, -0.15) is 0 Å². The number of nitrogens with zero attached hydrogens (tertiary/aromatic N) is 4. The summed E-state index contributed by atoms with van der Waals surface area (Å²) in [5.41, 5.74) is 11.7. The molecule has 0 saturated heterocycles. The molecule has 1 unspecified atom stereocenters. The molecular weight excluding hydrogens is 444 g/mol. The van der Waals surface area contributed by atoms with Crippen LogP contribution in [0.2, 0.25) is 0 Å². The Bertz CT molecular complexity index is 1420. The molecule has 2 aromatic carbocycles. The van der Waals surface area contributed by atoms with Gasteiger partial charge < -0.3 is 19.9 Å². The van der Waals surface area contributed by atoms with E-state index >= 15 is 0 Å². The first-order valence-electron chi connectivity index (χ1n) is 11.6. The van der Waals surface area contributed by atoms with E-state index in [9.17, 15) is 0 Å². The van der Waals surface area contributed by atoms with Gasteiger partial charge in [-0.1, -0.05) is 6.07 Å². The standard InChI is InChI=1S/C26H26N6O3/c1-15-10-17(11-16(2)23(15)35-14-18-6-3-4-7-28-18)24-30-25(27)31-26-29-19-12-21-22(13-20(19)32(24)26)34-9-5-8-33-21/h3-4,6-7,10-13,24H,5,8-9,14H2,1-2H3,(H3,27,29,30,31). The number of anilines is 1. The lowest BCUT2D eigenvalue weighted by atomic mass is 10.0. The average Bonchev–Trinajstić information content (AvgIpc) is 3.03. The molecule has 4 aromatic rings. The molecule has 4 heterocycles. The number of imidazole rings is 1. The van der Waals surface area contributed by atoms with Gasteiger partial charge in [0.2, 0.25) is 5.95 Å². The third kappa shape index (κ3) is 3.88. The summed E-state index contributed by atoms with van der Waals surface area (Å²) in [6, 6.07) is 13.9. The van der Waals surface area contributed by atoms with E-state index in [0.717, 1.165) is 45.6 Å². The van der Waals surface area contributed by atoms with Crippen molar-refractivity contribution in [1.29, 1.82) is 0 Å². The van der Waals surface area contributed by atoms with Gasteiger partial charge in [0.25, 0.3) is 0 Å². The summed E-state index contributed by atoms with van der Waals surface area (Å²) in [6.45, 7) is 5.72. The minimum atomic E-state index is -0.386. The van der Waals surface area contributed by atoms with Crippen LogP contribution in [-0.2, 0) is 6.61 Å². The zero-order valence-corrected chi connectivity index (χ0v) is 19.6. The highest BCUT2D eigenvalue weighted by Crippen LogP contribution is 2.40. The molecule has 0 aliphatic carbocycles. The SMILES string of the molecule is Cc1cc(C2N=C(N)Nc3nc4cc5c(cc4n32)OCCCO5)cc(C)c1OCc1ccccn1. The maximum absolute atomic E-state index is 6.16. The van der Waals surface area contributed by atoms with Crippen molar-refractivity contribution in [2.24, 2.45) is 10.7 Å². The number of ether oxygens (including phenoxy) is 3. The molecule has 2 aliphatic rings. The van der Waals surface area contributed by atoms with Crippen LogP contribution in [0.1, 0.15) is 35.0 Å². The fourth-order valence-corrected chi connectivity index (χ4v) is 4.64. The highest BCUT2D eigenvalue weighted by molar-refractivity contribution is 5.95. The van der Waals surface area contributed by atoms with E-state index < -0.39 is 0 Å². The van der Waals surface area contributed by atoms with Gasteiger partial charge in [-0.15, -0.1) is 0 Å². The van der Waals surface area contributed by atoms with E-state index in [1.807, 2.05) is 48.7 Å². The Labute approximate surface area is 202 Å². The molecule has 0 bridgehead atoms. The van der Waals surface area contributed by atoms with Gasteiger partial charge in [-0.3, -0.25) is 14.9 Å². The fourth-order valence-electron chi connectivity index (χ4n) is 4.64. The van der Waals surface area contributed by atoms with E-state index in [1.54, 1.807) is 6.20 Å². The first kappa shape index (κ1) is 21.3. The Kier molecular flexibility index (Phi) is 5.17. The molecule has 3 N–H and O–H groups in total. The fraction of sp³-hybridized carbons (Fsp3) is 0.269. The quantitative estimate of drug-likeness (QED) is 0.463. The van der Waals surface area contributed by atoms with Gasteiger partial charge in [0, 0.05) is 24.8 Å². The first-order chi connectivity index (χ1) is 17.1. The summed E-state index contributed by atoms with van der Waals surface area (Å²) in [5, 5.41) is 3.10. The molecule has 9 heteroatoms. The van der Waals surface area contributed by atoms with Crippen LogP contribution < -0.4 is 25.3 Å². The van der Waals surface area contributed by atoms with E-state index in [0.29, 0.717) is 43.2 Å². The van der Waals surface area contributed by atoms with Gasteiger partial charge in [0.1, 0.15) is 12.4 Å². The third-order valence-electron chi connectivity index (χ3n) is 6.18. The predicted molar refractivity (Wildman–Crippen MR) is 133 cm³/mol. The summed E-state index contributed by atoms with van der Waals surface area (Å²) in [7, 11) is 0.